The van der Waals surface area contributed by atoms with Crippen molar-refractivity contribution in [1.29, 1.82) is 0 Å². The number of carbonyl (C=O) groups is 1. The maximum Gasteiger partial charge on any atom is 0.195 e. The van der Waals surface area contributed by atoms with Crippen LogP contribution in [-0.4, -0.2) is 15.3 Å². The second-order valence-corrected chi connectivity index (χ2v) is 4.34. The minimum atomic E-state index is 0.0395. The summed E-state index contributed by atoms with van der Waals surface area (Å²) in [5, 5.41) is 0. The number of aromatic nitrogens is 2. The van der Waals surface area contributed by atoms with Crippen LogP contribution in [0.1, 0.15) is 43.7 Å². The molecule has 0 aliphatic carbocycles. The summed E-state index contributed by atoms with van der Waals surface area (Å²) in [6.45, 7) is 4.64. The molecule has 0 bridgehead atoms. The Morgan fingerprint density at radius 1 is 1.29 bits per heavy atom. The van der Waals surface area contributed by atoms with Crippen LogP contribution in [0.5, 0.6) is 0 Å². The van der Waals surface area contributed by atoms with Gasteiger partial charge in [0.1, 0.15) is 0 Å². The van der Waals surface area contributed by atoms with Crippen LogP contribution in [-0.2, 0) is 6.54 Å². The number of carbonyl (C=O) groups excluding carboxylic acids is 1. The number of Topliss-reactive ketones (excluding diaryl/α,β-unsaturated/α-hetero) is 1. The summed E-state index contributed by atoms with van der Waals surface area (Å²) in [5.74, 6) is 0.625. The van der Waals surface area contributed by atoms with Crippen molar-refractivity contribution in [2.75, 3.05) is 0 Å². The maximum absolute atomic E-state index is 11.6. The number of hydrogen-bond acceptors (Lipinski definition) is 2. The Morgan fingerprint density at radius 2 is 2.06 bits per heavy atom. The fourth-order valence-corrected chi connectivity index (χ4v) is 2.09. The number of hydrogen-bond donors (Lipinski definition) is 0. The summed E-state index contributed by atoms with van der Waals surface area (Å²) in [5.41, 5.74) is 1.98. The first-order valence-corrected chi connectivity index (χ1v) is 6.20. The molecule has 0 N–H and O–H groups in total. The van der Waals surface area contributed by atoms with Crippen molar-refractivity contribution in [2.45, 2.75) is 39.7 Å². The van der Waals surface area contributed by atoms with Gasteiger partial charge in [-0.3, -0.25) is 4.79 Å². The van der Waals surface area contributed by atoms with E-state index in [-0.39, 0.29) is 5.78 Å². The Kier molecular flexibility index (Phi) is 3.57. The molecule has 1 heterocycles. The average molecular weight is 230 g/mol. The van der Waals surface area contributed by atoms with E-state index in [4.69, 9.17) is 0 Å². The van der Waals surface area contributed by atoms with Gasteiger partial charge in [0.2, 0.25) is 0 Å². The maximum atomic E-state index is 11.6. The molecule has 90 valence electrons. The predicted molar refractivity (Wildman–Crippen MR) is 69.3 cm³/mol. The molecule has 0 aliphatic rings. The molecule has 1 aromatic carbocycles. The minimum Gasteiger partial charge on any atom is -0.322 e. The second kappa shape index (κ2) is 5.13. The van der Waals surface area contributed by atoms with Crippen molar-refractivity contribution in [3.8, 4) is 0 Å². The number of imidazole rings is 1. The SMILES string of the molecule is CCCCCn1c(C(C)=O)nc2ccccc21. The normalized spacial score (nSPS) is 10.9. The van der Waals surface area contributed by atoms with E-state index in [2.05, 4.69) is 11.9 Å². The molecule has 0 saturated heterocycles. The van der Waals surface area contributed by atoms with Gasteiger partial charge in [0.05, 0.1) is 11.0 Å². The molecule has 3 heteroatoms. The molecule has 0 aliphatic heterocycles. The van der Waals surface area contributed by atoms with Crippen LogP contribution in [0.2, 0.25) is 0 Å². The highest BCUT2D eigenvalue weighted by Gasteiger charge is 2.13. The number of fused-ring (bicyclic) bond motifs is 1. The van der Waals surface area contributed by atoms with Crippen LogP contribution in [0.25, 0.3) is 11.0 Å². The predicted octanol–water partition coefficient (Wildman–Crippen LogP) is 3.43. The summed E-state index contributed by atoms with van der Waals surface area (Å²) < 4.78 is 2.05. The lowest BCUT2D eigenvalue weighted by Crippen LogP contribution is -2.08. The number of aryl methyl sites for hydroxylation is 1. The van der Waals surface area contributed by atoms with Gasteiger partial charge in [-0.2, -0.15) is 0 Å². The molecule has 2 aromatic rings. The van der Waals surface area contributed by atoms with E-state index >= 15 is 0 Å². The Morgan fingerprint density at radius 3 is 2.76 bits per heavy atom. The number of rotatable bonds is 5. The van der Waals surface area contributed by atoms with Gasteiger partial charge in [-0.25, -0.2) is 4.98 Å². The molecule has 0 radical (unpaired) electrons. The number of benzene rings is 1. The van der Waals surface area contributed by atoms with E-state index in [1.54, 1.807) is 6.92 Å². The summed E-state index contributed by atoms with van der Waals surface area (Å²) in [6.07, 6.45) is 3.46. The quantitative estimate of drug-likeness (QED) is 0.582. The minimum absolute atomic E-state index is 0.0395. The van der Waals surface area contributed by atoms with E-state index in [1.807, 2.05) is 28.8 Å². The highest BCUT2D eigenvalue weighted by molar-refractivity contribution is 5.94. The smallest absolute Gasteiger partial charge is 0.195 e. The van der Waals surface area contributed by atoms with Gasteiger partial charge in [0, 0.05) is 13.5 Å². The van der Waals surface area contributed by atoms with Gasteiger partial charge in [-0.05, 0) is 18.6 Å². The fourth-order valence-electron chi connectivity index (χ4n) is 2.09. The van der Waals surface area contributed by atoms with Crippen LogP contribution >= 0.6 is 0 Å². The first kappa shape index (κ1) is 11.8. The monoisotopic (exact) mass is 230 g/mol. The lowest BCUT2D eigenvalue weighted by Gasteiger charge is -2.06. The van der Waals surface area contributed by atoms with Gasteiger partial charge < -0.3 is 4.57 Å². The van der Waals surface area contributed by atoms with Crippen LogP contribution in [0, 0.1) is 0 Å². The molecular formula is C14H18N2O. The Hall–Kier alpha value is -1.64. The largest absolute Gasteiger partial charge is 0.322 e. The molecule has 2 rings (SSSR count). The van der Waals surface area contributed by atoms with Crippen molar-refractivity contribution in [3.63, 3.8) is 0 Å². The number of ketones is 1. The zero-order chi connectivity index (χ0) is 12.3. The van der Waals surface area contributed by atoms with Crippen LogP contribution < -0.4 is 0 Å². The zero-order valence-electron chi connectivity index (χ0n) is 10.4. The molecule has 0 spiro atoms. The fraction of sp³-hybridized carbons (Fsp3) is 0.429. The van der Waals surface area contributed by atoms with Gasteiger partial charge >= 0.3 is 0 Å². The standard InChI is InChI=1S/C14H18N2O/c1-3-4-7-10-16-13-9-6-5-8-12(13)15-14(16)11(2)17/h5-6,8-9H,3-4,7,10H2,1-2H3. The van der Waals surface area contributed by atoms with Gasteiger partial charge in [-0.1, -0.05) is 31.9 Å². The van der Waals surface area contributed by atoms with Crippen molar-refractivity contribution in [2.24, 2.45) is 0 Å². The molecule has 1 aromatic heterocycles. The van der Waals surface area contributed by atoms with Crippen LogP contribution in [0.3, 0.4) is 0 Å². The van der Waals surface area contributed by atoms with Crippen LogP contribution in [0.4, 0.5) is 0 Å². The van der Waals surface area contributed by atoms with Crippen molar-refractivity contribution >= 4 is 16.8 Å². The Balaban J connectivity index is 2.41. The van der Waals surface area contributed by atoms with E-state index < -0.39 is 0 Å². The van der Waals surface area contributed by atoms with Crippen molar-refractivity contribution in [1.82, 2.24) is 9.55 Å². The van der Waals surface area contributed by atoms with Crippen molar-refractivity contribution in [3.05, 3.63) is 30.1 Å². The van der Waals surface area contributed by atoms with E-state index in [9.17, 15) is 4.79 Å². The number of nitrogens with zero attached hydrogens (tertiary/aromatic N) is 2. The molecule has 17 heavy (non-hydrogen) atoms. The molecule has 0 unspecified atom stereocenters. The molecule has 3 nitrogen and oxygen atoms in total. The molecule has 0 amide bonds. The Labute approximate surface area is 101 Å². The molecular weight excluding hydrogens is 212 g/mol. The summed E-state index contributed by atoms with van der Waals surface area (Å²) >= 11 is 0. The number of unbranched alkanes of at least 4 members (excludes halogenated alkanes) is 2. The first-order valence-electron chi connectivity index (χ1n) is 6.20. The topological polar surface area (TPSA) is 34.9 Å². The molecule has 0 saturated carbocycles. The average Bonchev–Trinajstić information content (AvgIpc) is 2.69. The first-order chi connectivity index (χ1) is 8.24. The van der Waals surface area contributed by atoms with Crippen molar-refractivity contribution < 1.29 is 4.79 Å². The van der Waals surface area contributed by atoms with E-state index in [0.717, 1.165) is 24.0 Å². The lowest BCUT2D eigenvalue weighted by molar-refractivity contribution is 0.0999. The third-order valence-electron chi connectivity index (χ3n) is 2.95. The third-order valence-corrected chi connectivity index (χ3v) is 2.95. The number of para-hydroxylation sites is 2. The molecule has 0 atom stereocenters. The van der Waals surface area contributed by atoms with Gasteiger partial charge in [-0.15, -0.1) is 0 Å². The summed E-state index contributed by atoms with van der Waals surface area (Å²) in [7, 11) is 0. The Bertz CT molecular complexity index is 528. The van der Waals surface area contributed by atoms with Gasteiger partial charge in [0.15, 0.2) is 11.6 Å². The molecule has 0 fully saturated rings. The highest BCUT2D eigenvalue weighted by Crippen LogP contribution is 2.17. The summed E-state index contributed by atoms with van der Waals surface area (Å²) in [6, 6.07) is 7.93. The van der Waals surface area contributed by atoms with E-state index in [1.165, 1.54) is 12.8 Å². The van der Waals surface area contributed by atoms with Crippen LogP contribution in [0.15, 0.2) is 24.3 Å². The second-order valence-electron chi connectivity index (χ2n) is 4.34. The third kappa shape index (κ3) is 2.38. The van der Waals surface area contributed by atoms with E-state index in [0.29, 0.717) is 5.82 Å². The highest BCUT2D eigenvalue weighted by atomic mass is 16.1. The summed E-state index contributed by atoms with van der Waals surface area (Å²) in [4.78, 5) is 16.0. The van der Waals surface area contributed by atoms with Gasteiger partial charge in [0.25, 0.3) is 0 Å². The zero-order valence-corrected chi connectivity index (χ0v) is 10.4. The lowest BCUT2D eigenvalue weighted by atomic mass is 10.2.